The maximum Gasteiger partial charge on any atom is 0.349 e. The van der Waals surface area contributed by atoms with Crippen molar-refractivity contribution in [2.24, 2.45) is 10.9 Å². The zero-order chi connectivity index (χ0) is 23.0. The lowest BCUT2D eigenvalue weighted by Gasteiger charge is -2.30. The summed E-state index contributed by atoms with van der Waals surface area (Å²) < 4.78 is 0.777. The highest BCUT2D eigenvalue weighted by Crippen LogP contribution is 2.35. The van der Waals surface area contributed by atoms with Crippen LogP contribution in [0.2, 0.25) is 0 Å². The molecule has 32 heavy (non-hydrogen) atoms. The molecule has 1 aromatic heterocycles. The summed E-state index contributed by atoms with van der Waals surface area (Å²) in [4.78, 5) is 56.7. The highest BCUT2D eigenvalue weighted by atomic mass is 32.1. The average molecular weight is 450 g/mol. The van der Waals surface area contributed by atoms with Crippen molar-refractivity contribution >= 4 is 56.6 Å². The molecule has 3 aromatic rings. The minimum absolute atomic E-state index is 0.229. The molecule has 1 unspecified atom stereocenters. The Balaban J connectivity index is 1.87. The number of carbonyl (C=O) groups excluding carboxylic acids is 4. The maximum absolute atomic E-state index is 13.5. The van der Waals surface area contributed by atoms with E-state index in [0.29, 0.717) is 22.3 Å². The van der Waals surface area contributed by atoms with Gasteiger partial charge in [0.1, 0.15) is 16.6 Å². The number of anilines is 1. The molecule has 4 amide bonds. The van der Waals surface area contributed by atoms with Gasteiger partial charge in [-0.05, 0) is 37.1 Å². The quantitative estimate of drug-likeness (QED) is 0.182. The Morgan fingerprint density at radius 2 is 1.75 bits per heavy atom. The highest BCUT2D eigenvalue weighted by molar-refractivity contribution is 7.19. The molecule has 1 aliphatic heterocycles. The largest absolute Gasteiger partial charge is 0.349 e. The first-order valence-corrected chi connectivity index (χ1v) is 10.3. The first kappa shape index (κ1) is 21.3. The zero-order valence-corrected chi connectivity index (χ0v) is 17.9. The van der Waals surface area contributed by atoms with Crippen LogP contribution >= 0.6 is 11.3 Å². The SMILES string of the molecule is Cc1cccc(C)c1N1C(=O)C(=O)C(c2nc3ccccc3s2)/C(=N\NC(=O)NN)C1=O. The van der Waals surface area contributed by atoms with Gasteiger partial charge in [-0.25, -0.2) is 25.9 Å². The van der Waals surface area contributed by atoms with E-state index in [9.17, 15) is 19.2 Å². The molecule has 0 radical (unpaired) electrons. The molecule has 4 N–H and O–H groups in total. The summed E-state index contributed by atoms with van der Waals surface area (Å²) in [5.74, 6) is 1.03. The van der Waals surface area contributed by atoms with Crippen LogP contribution in [0.3, 0.4) is 0 Å². The number of nitrogens with zero attached hydrogens (tertiary/aromatic N) is 3. The minimum Gasteiger partial charge on any atom is -0.287 e. The van der Waals surface area contributed by atoms with Gasteiger partial charge in [-0.15, -0.1) is 11.3 Å². The first-order chi connectivity index (χ1) is 15.3. The Labute approximate surface area is 186 Å². The summed E-state index contributed by atoms with van der Waals surface area (Å²) in [7, 11) is 0. The van der Waals surface area contributed by atoms with Crippen molar-refractivity contribution < 1.29 is 19.2 Å². The van der Waals surface area contributed by atoms with Crippen molar-refractivity contribution in [2.75, 3.05) is 4.90 Å². The molecule has 1 atom stereocenters. The van der Waals surface area contributed by atoms with Crippen LogP contribution in [0, 0.1) is 13.8 Å². The fourth-order valence-electron chi connectivity index (χ4n) is 3.55. The van der Waals surface area contributed by atoms with Crippen molar-refractivity contribution in [3.8, 4) is 0 Å². The number of amides is 4. The number of para-hydroxylation sites is 2. The summed E-state index contributed by atoms with van der Waals surface area (Å²) in [6, 6.07) is 11.5. The second kappa shape index (κ2) is 8.29. The molecule has 10 nitrogen and oxygen atoms in total. The fourth-order valence-corrected chi connectivity index (χ4v) is 4.62. The van der Waals surface area contributed by atoms with Crippen molar-refractivity contribution in [3.05, 3.63) is 58.6 Å². The monoisotopic (exact) mass is 450 g/mol. The fraction of sp³-hybridized carbons (Fsp3) is 0.143. The van der Waals surface area contributed by atoms with E-state index in [-0.39, 0.29) is 10.7 Å². The number of Topliss-reactive ketones (excluding diaryl/α,β-unsaturated/α-hetero) is 1. The van der Waals surface area contributed by atoms with Gasteiger partial charge in [0, 0.05) is 0 Å². The number of benzene rings is 2. The number of aryl methyl sites for hydroxylation is 2. The predicted octanol–water partition coefficient (Wildman–Crippen LogP) is 1.67. The van der Waals surface area contributed by atoms with Crippen LogP contribution in [0.5, 0.6) is 0 Å². The van der Waals surface area contributed by atoms with E-state index in [1.165, 1.54) is 11.3 Å². The molecule has 1 aliphatic rings. The summed E-state index contributed by atoms with van der Waals surface area (Å²) in [5.41, 5.74) is 5.75. The molecule has 2 heterocycles. The van der Waals surface area contributed by atoms with Crippen LogP contribution in [-0.4, -0.2) is 34.3 Å². The number of hydrogen-bond acceptors (Lipinski definition) is 8. The third kappa shape index (κ3) is 3.53. The number of aromatic nitrogens is 1. The van der Waals surface area contributed by atoms with Crippen LogP contribution in [0.1, 0.15) is 22.1 Å². The van der Waals surface area contributed by atoms with Crippen molar-refractivity contribution in [3.63, 3.8) is 0 Å². The number of nitrogens with one attached hydrogen (secondary N) is 2. The zero-order valence-electron chi connectivity index (χ0n) is 17.1. The third-order valence-corrected chi connectivity index (χ3v) is 6.10. The molecule has 1 saturated heterocycles. The van der Waals surface area contributed by atoms with Gasteiger partial charge in [0.05, 0.1) is 15.9 Å². The van der Waals surface area contributed by atoms with E-state index in [4.69, 9.17) is 5.84 Å². The molecule has 0 spiro atoms. The number of hydrazone groups is 1. The number of imide groups is 1. The normalized spacial score (nSPS) is 17.8. The summed E-state index contributed by atoms with van der Waals surface area (Å²) in [6.45, 7) is 3.45. The number of ketones is 1. The molecule has 4 rings (SSSR count). The number of nitrogens with two attached hydrogens (primary N) is 1. The average Bonchev–Trinajstić information content (AvgIpc) is 3.20. The summed E-state index contributed by atoms with van der Waals surface area (Å²) >= 11 is 1.17. The van der Waals surface area contributed by atoms with Gasteiger partial charge in [0.2, 0.25) is 5.78 Å². The molecule has 0 bridgehead atoms. The Morgan fingerprint density at radius 1 is 1.06 bits per heavy atom. The molecule has 0 saturated carbocycles. The lowest BCUT2D eigenvalue weighted by molar-refractivity contribution is -0.139. The number of thiazole rings is 1. The van der Waals surface area contributed by atoms with Crippen LogP contribution in [0.15, 0.2) is 47.6 Å². The molecule has 162 valence electrons. The number of urea groups is 1. The molecule has 11 heteroatoms. The van der Waals surface area contributed by atoms with Gasteiger partial charge >= 0.3 is 11.9 Å². The van der Waals surface area contributed by atoms with Gasteiger partial charge < -0.3 is 0 Å². The van der Waals surface area contributed by atoms with E-state index in [1.807, 2.05) is 17.6 Å². The standard InChI is InChI=1S/C21H18N6O4S/c1-10-6-5-7-11(2)16(10)27-19(29)15(25-26-21(31)24-22)14(17(28)20(27)30)18-23-12-8-3-4-9-13(12)32-18/h3-9,14H,22H2,1-2H3,(H2,24,26,31)/b25-15+. The van der Waals surface area contributed by atoms with E-state index in [0.717, 1.165) is 9.60 Å². The predicted molar refractivity (Wildman–Crippen MR) is 119 cm³/mol. The second-order valence-electron chi connectivity index (χ2n) is 7.09. The van der Waals surface area contributed by atoms with Crippen molar-refractivity contribution in [1.82, 2.24) is 15.8 Å². The third-order valence-electron chi connectivity index (χ3n) is 5.00. The van der Waals surface area contributed by atoms with E-state index in [1.54, 1.807) is 44.2 Å². The topological polar surface area (TPSA) is 147 Å². The number of hydrazine groups is 1. The van der Waals surface area contributed by atoms with Gasteiger partial charge in [0.25, 0.3) is 5.91 Å². The Morgan fingerprint density at radius 3 is 2.41 bits per heavy atom. The number of hydrogen-bond donors (Lipinski definition) is 3. The van der Waals surface area contributed by atoms with E-state index in [2.05, 4.69) is 15.5 Å². The van der Waals surface area contributed by atoms with Gasteiger partial charge in [0.15, 0.2) is 0 Å². The number of piperidine rings is 1. The Hall–Kier alpha value is -3.96. The summed E-state index contributed by atoms with van der Waals surface area (Å²) in [5, 5.41) is 4.09. The van der Waals surface area contributed by atoms with E-state index >= 15 is 0 Å². The maximum atomic E-state index is 13.5. The number of fused-ring (bicyclic) bond motifs is 1. The van der Waals surface area contributed by atoms with Crippen molar-refractivity contribution in [2.45, 2.75) is 19.8 Å². The minimum atomic E-state index is -1.36. The molecule has 2 aromatic carbocycles. The molecular weight excluding hydrogens is 432 g/mol. The lowest BCUT2D eigenvalue weighted by Crippen LogP contribution is -2.56. The van der Waals surface area contributed by atoms with E-state index < -0.39 is 29.5 Å². The summed E-state index contributed by atoms with van der Waals surface area (Å²) in [6.07, 6.45) is 0. The smallest absolute Gasteiger partial charge is 0.287 e. The van der Waals surface area contributed by atoms with Gasteiger partial charge in [-0.2, -0.15) is 5.10 Å². The molecule has 0 aliphatic carbocycles. The second-order valence-corrected chi connectivity index (χ2v) is 8.15. The van der Waals surface area contributed by atoms with Gasteiger partial charge in [-0.3, -0.25) is 19.8 Å². The highest BCUT2D eigenvalue weighted by Gasteiger charge is 2.49. The Kier molecular flexibility index (Phi) is 5.51. The molecular formula is C21H18N6O4S. The van der Waals surface area contributed by atoms with Crippen molar-refractivity contribution in [1.29, 1.82) is 0 Å². The van der Waals surface area contributed by atoms with Crippen LogP contribution in [-0.2, 0) is 14.4 Å². The van der Waals surface area contributed by atoms with Gasteiger partial charge in [-0.1, -0.05) is 30.3 Å². The first-order valence-electron chi connectivity index (χ1n) is 9.52. The van der Waals surface area contributed by atoms with Crippen LogP contribution in [0.25, 0.3) is 10.2 Å². The Bertz CT molecular complexity index is 1260. The molecule has 1 fully saturated rings. The lowest BCUT2D eigenvalue weighted by atomic mass is 9.91. The number of carbonyl (C=O) groups is 4. The van der Waals surface area contributed by atoms with Crippen LogP contribution in [0.4, 0.5) is 10.5 Å². The van der Waals surface area contributed by atoms with Crippen LogP contribution < -0.4 is 21.6 Å². The number of rotatable bonds is 3.